The van der Waals surface area contributed by atoms with Crippen molar-refractivity contribution < 1.29 is 0 Å². The van der Waals surface area contributed by atoms with Crippen molar-refractivity contribution in [2.45, 2.75) is 33.1 Å². The van der Waals surface area contributed by atoms with Crippen LogP contribution in [0.2, 0.25) is 0 Å². The van der Waals surface area contributed by atoms with Crippen LogP contribution in [0.25, 0.3) is 16.3 Å². The lowest BCUT2D eigenvalue weighted by Gasteiger charge is -2.32. The van der Waals surface area contributed by atoms with Crippen LogP contribution >= 0.6 is 0 Å². The maximum atomic E-state index is 2.39. The molecule has 2 aromatic carbocycles. The molecule has 0 atom stereocenters. The maximum absolute atomic E-state index is 2.39. The van der Waals surface area contributed by atoms with Crippen LogP contribution in [0, 0.1) is 5.41 Å². The van der Waals surface area contributed by atoms with E-state index in [1.807, 2.05) is 0 Å². The predicted octanol–water partition coefficient (Wildman–Crippen LogP) is 5.53. The molecule has 0 N–H and O–H groups in total. The number of hydrogen-bond donors (Lipinski definition) is 0. The topological polar surface area (TPSA) is 0 Å². The molecule has 20 heavy (non-hydrogen) atoms. The lowest BCUT2D eigenvalue weighted by Crippen LogP contribution is -2.16. The highest BCUT2D eigenvalue weighted by Gasteiger charge is 2.27. The van der Waals surface area contributed by atoms with E-state index in [9.17, 15) is 0 Å². The molecule has 0 heteroatoms. The van der Waals surface area contributed by atoms with Gasteiger partial charge in [-0.05, 0) is 52.1 Å². The summed E-state index contributed by atoms with van der Waals surface area (Å²) in [5.74, 6) is 0. The molecular weight excluding hydrogens is 240 g/mol. The molecule has 0 spiro atoms. The minimum atomic E-state index is 0.327. The molecule has 2 aliphatic rings. The van der Waals surface area contributed by atoms with Gasteiger partial charge in [0.05, 0.1) is 0 Å². The fraction of sp³-hybridized carbons (Fsp3) is 0.300. The fourth-order valence-electron chi connectivity index (χ4n) is 3.77. The van der Waals surface area contributed by atoms with Crippen LogP contribution in [-0.2, 0) is 6.42 Å². The summed E-state index contributed by atoms with van der Waals surface area (Å²) in [6.45, 7) is 4.67. The summed E-state index contributed by atoms with van der Waals surface area (Å²) in [4.78, 5) is 0. The first-order valence-corrected chi connectivity index (χ1v) is 7.56. The Morgan fingerprint density at radius 1 is 0.950 bits per heavy atom. The average Bonchev–Trinajstić information content (AvgIpc) is 2.45. The molecule has 2 aliphatic carbocycles. The van der Waals surface area contributed by atoms with E-state index in [1.54, 1.807) is 11.1 Å². The van der Waals surface area contributed by atoms with Crippen LogP contribution in [0.5, 0.6) is 0 Å². The van der Waals surface area contributed by atoms with Crippen molar-refractivity contribution in [3.63, 3.8) is 0 Å². The first-order chi connectivity index (χ1) is 9.64. The zero-order chi connectivity index (χ0) is 13.7. The smallest absolute Gasteiger partial charge is 0.0134 e. The van der Waals surface area contributed by atoms with Crippen molar-refractivity contribution in [1.29, 1.82) is 0 Å². The summed E-state index contributed by atoms with van der Waals surface area (Å²) in [5.41, 5.74) is 6.49. The Labute approximate surface area is 120 Å². The van der Waals surface area contributed by atoms with Crippen LogP contribution in [0.4, 0.5) is 0 Å². The summed E-state index contributed by atoms with van der Waals surface area (Å²) >= 11 is 0. The summed E-state index contributed by atoms with van der Waals surface area (Å²) in [5, 5.41) is 2.81. The minimum Gasteiger partial charge on any atom is -0.0779 e. The van der Waals surface area contributed by atoms with Crippen LogP contribution < -0.4 is 0 Å². The van der Waals surface area contributed by atoms with E-state index in [4.69, 9.17) is 0 Å². The van der Waals surface area contributed by atoms with Crippen LogP contribution in [0.1, 0.15) is 37.8 Å². The summed E-state index contributed by atoms with van der Waals surface area (Å²) in [7, 11) is 0. The lowest BCUT2D eigenvalue weighted by atomic mass is 9.72. The van der Waals surface area contributed by atoms with Gasteiger partial charge in [0.25, 0.3) is 0 Å². The van der Waals surface area contributed by atoms with E-state index >= 15 is 0 Å². The highest BCUT2D eigenvalue weighted by Crippen LogP contribution is 2.44. The van der Waals surface area contributed by atoms with E-state index in [-0.39, 0.29) is 0 Å². The molecule has 0 fully saturated rings. The number of rotatable bonds is 0. The molecule has 4 rings (SSSR count). The zero-order valence-corrected chi connectivity index (χ0v) is 12.2. The number of allylic oxidation sites excluding steroid dienone is 4. The van der Waals surface area contributed by atoms with Gasteiger partial charge in [-0.25, -0.2) is 0 Å². The van der Waals surface area contributed by atoms with E-state index in [0.717, 1.165) is 0 Å². The molecule has 0 heterocycles. The summed E-state index contributed by atoms with van der Waals surface area (Å²) in [6.07, 6.45) is 8.39. The molecule has 0 bridgehead atoms. The second-order valence-electron chi connectivity index (χ2n) is 6.83. The van der Waals surface area contributed by atoms with Gasteiger partial charge < -0.3 is 0 Å². The molecule has 100 valence electrons. The Morgan fingerprint density at radius 3 is 2.70 bits per heavy atom. The van der Waals surface area contributed by atoms with Crippen molar-refractivity contribution in [2.75, 3.05) is 0 Å². The fourth-order valence-corrected chi connectivity index (χ4v) is 3.77. The second-order valence-corrected chi connectivity index (χ2v) is 6.83. The first kappa shape index (κ1) is 12.0. The molecule has 0 amide bonds. The van der Waals surface area contributed by atoms with E-state index < -0.39 is 0 Å². The van der Waals surface area contributed by atoms with E-state index in [0.29, 0.717) is 5.41 Å². The third-order valence-electron chi connectivity index (χ3n) is 4.76. The maximum Gasteiger partial charge on any atom is -0.0134 e. The average molecular weight is 260 g/mol. The number of fused-ring (bicyclic) bond motifs is 4. The standard InChI is InChI=1S/C20H20/c1-20(2)12-11-17-15(13-20)8-10-18-16-6-4-3-5-14(16)7-9-19(17)18/h3-7,9,11-12H,8,10,13H2,1-2H3. The molecular formula is C20H20. The minimum absolute atomic E-state index is 0.327. The SMILES string of the molecule is CC1(C)C=CC2=C(CCc3c2ccc2ccccc32)C1. The lowest BCUT2D eigenvalue weighted by molar-refractivity contribution is 0.463. The monoisotopic (exact) mass is 260 g/mol. The van der Waals surface area contributed by atoms with E-state index in [1.165, 1.54) is 41.2 Å². The third kappa shape index (κ3) is 1.75. The molecule has 0 aliphatic heterocycles. The molecule has 0 unspecified atom stereocenters. The molecule has 0 radical (unpaired) electrons. The van der Waals surface area contributed by atoms with Crippen LogP contribution in [0.3, 0.4) is 0 Å². The van der Waals surface area contributed by atoms with E-state index in [2.05, 4.69) is 62.4 Å². The second kappa shape index (κ2) is 4.09. The zero-order valence-electron chi connectivity index (χ0n) is 12.2. The van der Waals surface area contributed by atoms with Crippen molar-refractivity contribution in [3.8, 4) is 0 Å². The molecule has 2 aromatic rings. The normalized spacial score (nSPS) is 19.9. The summed E-state index contributed by atoms with van der Waals surface area (Å²) in [6, 6.07) is 13.4. The van der Waals surface area contributed by atoms with Crippen molar-refractivity contribution in [3.05, 3.63) is 65.3 Å². The quantitative estimate of drug-likeness (QED) is 0.584. The highest BCUT2D eigenvalue weighted by molar-refractivity contribution is 5.93. The van der Waals surface area contributed by atoms with Gasteiger partial charge in [-0.15, -0.1) is 0 Å². The van der Waals surface area contributed by atoms with Crippen LogP contribution in [-0.4, -0.2) is 0 Å². The van der Waals surface area contributed by atoms with Crippen LogP contribution in [0.15, 0.2) is 54.1 Å². The van der Waals surface area contributed by atoms with Crippen molar-refractivity contribution >= 4 is 16.3 Å². The largest absolute Gasteiger partial charge is 0.0779 e. The van der Waals surface area contributed by atoms with Gasteiger partial charge >= 0.3 is 0 Å². The molecule has 0 saturated carbocycles. The van der Waals surface area contributed by atoms with Gasteiger partial charge in [0.2, 0.25) is 0 Å². The number of hydrogen-bond acceptors (Lipinski definition) is 0. The Hall–Kier alpha value is -1.82. The van der Waals surface area contributed by atoms with Gasteiger partial charge in [0.15, 0.2) is 0 Å². The molecule has 0 nitrogen and oxygen atoms in total. The van der Waals surface area contributed by atoms with Gasteiger partial charge in [0.1, 0.15) is 0 Å². The number of benzene rings is 2. The first-order valence-electron chi connectivity index (χ1n) is 7.56. The predicted molar refractivity (Wildman–Crippen MR) is 86.7 cm³/mol. The number of aryl methyl sites for hydroxylation is 1. The van der Waals surface area contributed by atoms with Gasteiger partial charge in [-0.1, -0.05) is 68.0 Å². The van der Waals surface area contributed by atoms with Gasteiger partial charge in [-0.3, -0.25) is 0 Å². The Bertz CT molecular complexity index is 757. The van der Waals surface area contributed by atoms with Gasteiger partial charge in [-0.2, -0.15) is 0 Å². The van der Waals surface area contributed by atoms with Gasteiger partial charge in [0, 0.05) is 0 Å². The highest BCUT2D eigenvalue weighted by atomic mass is 14.3. The Morgan fingerprint density at radius 2 is 1.80 bits per heavy atom. The Balaban J connectivity index is 1.94. The summed E-state index contributed by atoms with van der Waals surface area (Å²) < 4.78 is 0. The Kier molecular flexibility index (Phi) is 2.44. The molecule has 0 aromatic heterocycles. The molecule has 0 saturated heterocycles. The van der Waals surface area contributed by atoms with Crippen molar-refractivity contribution in [1.82, 2.24) is 0 Å². The van der Waals surface area contributed by atoms with Crippen molar-refractivity contribution in [2.24, 2.45) is 5.41 Å². The third-order valence-corrected chi connectivity index (χ3v) is 4.76.